The van der Waals surface area contributed by atoms with Gasteiger partial charge in [0, 0.05) is 11.3 Å². The van der Waals surface area contributed by atoms with E-state index < -0.39 is 0 Å². The normalized spacial score (nSPS) is 21.4. The molecule has 2 amide bonds. The molecule has 0 spiro atoms. The zero-order valence-electron chi connectivity index (χ0n) is 22.4. The molecule has 6 heteroatoms. The third kappa shape index (κ3) is 7.19. The molecule has 1 heterocycles. The van der Waals surface area contributed by atoms with Gasteiger partial charge < -0.3 is 15.0 Å². The highest BCUT2D eigenvalue weighted by Crippen LogP contribution is 2.42. The molecule has 1 N–H and O–H groups in total. The average molecular weight is 521 g/mol. The number of thioether (sulfide) groups is 1. The molecule has 0 bridgehead atoms. The first kappa shape index (κ1) is 27.3. The molecule has 37 heavy (non-hydrogen) atoms. The fourth-order valence-electron chi connectivity index (χ4n) is 5.07. The van der Waals surface area contributed by atoms with E-state index in [0.717, 1.165) is 60.3 Å². The van der Waals surface area contributed by atoms with Gasteiger partial charge in [0.25, 0.3) is 5.91 Å². The van der Waals surface area contributed by atoms with Crippen LogP contribution >= 0.6 is 11.8 Å². The highest BCUT2D eigenvalue weighted by atomic mass is 32.2. The van der Waals surface area contributed by atoms with Gasteiger partial charge >= 0.3 is 0 Å². The number of carbonyl (C=O) groups is 2. The van der Waals surface area contributed by atoms with Crippen LogP contribution in [0.3, 0.4) is 0 Å². The first-order valence-electron chi connectivity index (χ1n) is 13.8. The smallest absolute Gasteiger partial charge is 0.261 e. The maximum Gasteiger partial charge on any atom is 0.261 e. The molecular weight excluding hydrogens is 480 g/mol. The Balaban J connectivity index is 1.42. The number of carbonyl (C=O) groups excluding carboxylic acids is 2. The molecule has 1 saturated carbocycles. The number of ether oxygens (including phenoxy) is 1. The second-order valence-electron chi connectivity index (χ2n) is 10.1. The first-order chi connectivity index (χ1) is 18.0. The Bertz CT molecular complexity index is 1080. The van der Waals surface area contributed by atoms with E-state index in [4.69, 9.17) is 4.74 Å². The highest BCUT2D eigenvalue weighted by molar-refractivity contribution is 8.04. The monoisotopic (exact) mass is 520 g/mol. The zero-order chi connectivity index (χ0) is 26.2. The summed E-state index contributed by atoms with van der Waals surface area (Å²) < 4.78 is 5.75. The predicted molar refractivity (Wildman–Crippen MR) is 153 cm³/mol. The molecule has 0 aromatic heterocycles. The van der Waals surface area contributed by atoms with Gasteiger partial charge in [0.2, 0.25) is 5.91 Å². The molecule has 2 fully saturated rings. The van der Waals surface area contributed by atoms with Gasteiger partial charge in [0.15, 0.2) is 0 Å². The maximum atomic E-state index is 13.6. The lowest BCUT2D eigenvalue weighted by Gasteiger charge is -2.44. The van der Waals surface area contributed by atoms with Crippen LogP contribution in [0.4, 0.5) is 0 Å². The molecule has 2 aromatic carbocycles. The molecule has 0 radical (unpaired) electrons. The Morgan fingerprint density at radius 1 is 1.11 bits per heavy atom. The Hall–Kier alpha value is -2.73. The average Bonchev–Trinajstić information content (AvgIpc) is 2.92. The summed E-state index contributed by atoms with van der Waals surface area (Å²) in [5.74, 6) is 0.704. The van der Waals surface area contributed by atoms with Crippen molar-refractivity contribution >= 4 is 29.7 Å². The van der Waals surface area contributed by atoms with Crippen LogP contribution in [-0.4, -0.2) is 41.2 Å². The van der Waals surface area contributed by atoms with Gasteiger partial charge in [-0.05, 0) is 67.5 Å². The largest absolute Gasteiger partial charge is 0.494 e. The summed E-state index contributed by atoms with van der Waals surface area (Å²) in [6.07, 6.45) is 9.45. The fourth-order valence-corrected chi connectivity index (χ4v) is 6.55. The van der Waals surface area contributed by atoms with Gasteiger partial charge in [-0.3, -0.25) is 9.59 Å². The number of hydrogen-bond acceptors (Lipinski definition) is 4. The Morgan fingerprint density at radius 2 is 1.84 bits per heavy atom. The summed E-state index contributed by atoms with van der Waals surface area (Å²) in [5.41, 5.74) is 3.33. The Kier molecular flexibility index (Phi) is 9.73. The number of rotatable bonds is 10. The third-order valence-corrected chi connectivity index (χ3v) is 8.74. The van der Waals surface area contributed by atoms with Gasteiger partial charge in [0.1, 0.15) is 12.3 Å². The number of amides is 2. The molecular formula is C31H40N2O3S. The van der Waals surface area contributed by atoms with Gasteiger partial charge in [-0.25, -0.2) is 0 Å². The van der Waals surface area contributed by atoms with E-state index in [1.54, 1.807) is 11.8 Å². The highest BCUT2D eigenvalue weighted by Gasteiger charge is 2.41. The van der Waals surface area contributed by atoms with Crippen LogP contribution in [0.25, 0.3) is 6.08 Å². The van der Waals surface area contributed by atoms with E-state index in [0.29, 0.717) is 11.9 Å². The molecule has 2 aromatic rings. The topological polar surface area (TPSA) is 58.6 Å². The van der Waals surface area contributed by atoms with Crippen LogP contribution in [0, 0.1) is 0 Å². The summed E-state index contributed by atoms with van der Waals surface area (Å²) in [6, 6.07) is 16.2. The van der Waals surface area contributed by atoms with E-state index in [-0.39, 0.29) is 30.4 Å². The van der Waals surface area contributed by atoms with E-state index in [9.17, 15) is 9.59 Å². The van der Waals surface area contributed by atoms with Crippen LogP contribution in [-0.2, 0) is 16.0 Å². The van der Waals surface area contributed by atoms with E-state index in [2.05, 4.69) is 43.4 Å². The van der Waals surface area contributed by atoms with Gasteiger partial charge in [0.05, 0.1) is 17.6 Å². The van der Waals surface area contributed by atoms with Crippen molar-refractivity contribution < 1.29 is 14.3 Å². The number of nitrogens with one attached hydrogen (secondary N) is 1. The van der Waals surface area contributed by atoms with Crippen LogP contribution in [0.15, 0.2) is 53.4 Å². The lowest BCUT2D eigenvalue weighted by molar-refractivity contribution is -0.135. The number of unbranched alkanes of at least 4 members (excludes halogenated alkanes) is 1. The number of aryl methyl sites for hydroxylation is 1. The molecule has 5 nitrogen and oxygen atoms in total. The summed E-state index contributed by atoms with van der Waals surface area (Å²) in [4.78, 5) is 29.3. The molecule has 4 rings (SSSR count). The Morgan fingerprint density at radius 3 is 2.54 bits per heavy atom. The molecule has 1 aliphatic heterocycles. The van der Waals surface area contributed by atoms with Crippen molar-refractivity contribution in [3.05, 3.63) is 70.1 Å². The lowest BCUT2D eigenvalue weighted by atomic mass is 9.93. The summed E-state index contributed by atoms with van der Waals surface area (Å²) in [5, 5.41) is 3.45. The van der Waals surface area contributed by atoms with E-state index >= 15 is 0 Å². The van der Waals surface area contributed by atoms with Crippen LogP contribution in [0.2, 0.25) is 0 Å². The second-order valence-corrected chi connectivity index (χ2v) is 11.4. The number of benzene rings is 2. The first-order valence-corrected chi connectivity index (χ1v) is 14.7. The maximum absolute atomic E-state index is 13.6. The molecule has 2 aliphatic rings. The zero-order valence-corrected chi connectivity index (χ0v) is 23.2. The minimum atomic E-state index is -0.152. The summed E-state index contributed by atoms with van der Waals surface area (Å²) in [6.45, 7) is 7.07. The summed E-state index contributed by atoms with van der Waals surface area (Å²) in [7, 11) is 0. The quantitative estimate of drug-likeness (QED) is 0.286. The number of nitrogens with zero attached hydrogens (tertiary/aromatic N) is 1. The Labute approximate surface area is 226 Å². The van der Waals surface area contributed by atoms with E-state index in [1.807, 2.05) is 42.2 Å². The van der Waals surface area contributed by atoms with Crippen LogP contribution in [0.5, 0.6) is 5.75 Å². The van der Waals surface area contributed by atoms with Crippen LogP contribution in [0.1, 0.15) is 82.0 Å². The molecule has 3 unspecified atom stereocenters. The number of fused-ring (bicyclic) bond motifs is 1. The van der Waals surface area contributed by atoms with Gasteiger partial charge in [-0.2, -0.15) is 0 Å². The minimum Gasteiger partial charge on any atom is -0.494 e. The standard InChI is InChI=1S/C31H40N2O3S/c1-4-6-19-36-26-17-15-25(16-18-26)22(3)32-30(34)21-33-27-9-7-8-10-28(27)37-29(31(33)35)20-24-13-11-23(5-2)12-14-24/h11-18,20,22,27-28H,4-10,19,21H2,1-3H3,(H,32,34)/b29-20-. The van der Waals surface area contributed by atoms with Crippen molar-refractivity contribution in [3.8, 4) is 5.75 Å². The van der Waals surface area contributed by atoms with Crippen LogP contribution < -0.4 is 10.1 Å². The second kappa shape index (κ2) is 13.2. The van der Waals surface area contributed by atoms with Crippen molar-refractivity contribution in [1.29, 1.82) is 0 Å². The minimum absolute atomic E-state index is 0.0240. The SMILES string of the molecule is CCCCOc1ccc(C(C)NC(=O)CN2C(=O)/C(=C/c3ccc(CC)cc3)SC3CCCCC32)cc1. The predicted octanol–water partition coefficient (Wildman–Crippen LogP) is 6.53. The molecule has 1 aliphatic carbocycles. The van der Waals surface area contributed by atoms with Crippen molar-refractivity contribution in [1.82, 2.24) is 10.2 Å². The summed E-state index contributed by atoms with van der Waals surface area (Å²) >= 11 is 1.70. The van der Waals surface area contributed by atoms with Gasteiger partial charge in [-0.15, -0.1) is 11.8 Å². The van der Waals surface area contributed by atoms with Crippen molar-refractivity contribution in [3.63, 3.8) is 0 Å². The van der Waals surface area contributed by atoms with Gasteiger partial charge in [-0.1, -0.05) is 69.5 Å². The fraction of sp³-hybridized carbons (Fsp3) is 0.484. The van der Waals surface area contributed by atoms with Crippen molar-refractivity contribution in [2.75, 3.05) is 13.2 Å². The van der Waals surface area contributed by atoms with Crippen molar-refractivity contribution in [2.45, 2.75) is 83.1 Å². The number of hydrogen-bond donors (Lipinski definition) is 1. The molecule has 198 valence electrons. The van der Waals surface area contributed by atoms with E-state index in [1.165, 1.54) is 12.0 Å². The third-order valence-electron chi connectivity index (χ3n) is 7.34. The molecule has 3 atom stereocenters. The molecule has 1 saturated heterocycles. The lowest BCUT2D eigenvalue weighted by Crippen LogP contribution is -2.54. The van der Waals surface area contributed by atoms with Crippen molar-refractivity contribution in [2.24, 2.45) is 0 Å².